The average Bonchev–Trinajstić information content (AvgIpc) is 1.84. The Morgan fingerprint density at radius 1 is 1.33 bits per heavy atom. The first-order chi connectivity index (χ1) is 5.30. The molecule has 1 unspecified atom stereocenters. The van der Waals surface area contributed by atoms with E-state index in [4.69, 9.17) is 5.73 Å². The molecule has 0 spiro atoms. The Kier molecular flexibility index (Phi) is 3.71. The van der Waals surface area contributed by atoms with Gasteiger partial charge >= 0.3 is 0 Å². The second-order valence-electron chi connectivity index (χ2n) is 4.02. The minimum atomic E-state index is -0.589. The lowest BCUT2D eigenvalue weighted by Gasteiger charge is -2.33. The van der Waals surface area contributed by atoms with Gasteiger partial charge in [-0.1, -0.05) is 13.8 Å². The number of nitrogens with two attached hydrogens (primary N) is 1. The van der Waals surface area contributed by atoms with Crippen molar-refractivity contribution >= 4 is 5.91 Å². The first-order valence-corrected chi connectivity index (χ1v) is 4.38. The number of primary amides is 1. The fraction of sp³-hybridized carbons (Fsp3) is 0.889. The molecule has 0 heterocycles. The number of rotatable bonds is 4. The van der Waals surface area contributed by atoms with Gasteiger partial charge in [-0.3, -0.25) is 4.79 Å². The Labute approximate surface area is 74.7 Å². The van der Waals surface area contributed by atoms with Crippen LogP contribution >= 0.6 is 0 Å². The molecule has 0 aliphatic rings. The van der Waals surface area contributed by atoms with Crippen molar-refractivity contribution in [3.05, 3.63) is 0 Å². The highest BCUT2D eigenvalue weighted by Gasteiger charge is 2.34. The van der Waals surface area contributed by atoms with Gasteiger partial charge in [-0.05, 0) is 26.7 Å². The van der Waals surface area contributed by atoms with Crippen molar-refractivity contribution in [3.63, 3.8) is 0 Å². The number of amides is 1. The molecule has 1 atom stereocenters. The molecule has 0 aromatic carbocycles. The van der Waals surface area contributed by atoms with Gasteiger partial charge in [0, 0.05) is 6.04 Å². The second-order valence-corrected chi connectivity index (χ2v) is 4.02. The lowest BCUT2D eigenvalue weighted by atomic mass is 9.87. The van der Waals surface area contributed by atoms with Crippen LogP contribution in [0.1, 0.15) is 34.6 Å². The normalized spacial score (nSPS) is 16.6. The summed E-state index contributed by atoms with van der Waals surface area (Å²) in [5.41, 5.74) is 4.73. The van der Waals surface area contributed by atoms with Gasteiger partial charge in [-0.25, -0.2) is 0 Å². The predicted molar refractivity (Wildman–Crippen MR) is 50.7 cm³/mol. The Bertz CT molecular complexity index is 166. The van der Waals surface area contributed by atoms with E-state index in [-0.39, 0.29) is 17.9 Å². The van der Waals surface area contributed by atoms with E-state index in [2.05, 4.69) is 5.32 Å². The second kappa shape index (κ2) is 3.90. The molecule has 0 radical (unpaired) electrons. The molecule has 3 heteroatoms. The van der Waals surface area contributed by atoms with Crippen molar-refractivity contribution in [1.29, 1.82) is 0 Å². The van der Waals surface area contributed by atoms with Gasteiger partial charge in [0.15, 0.2) is 0 Å². The summed E-state index contributed by atoms with van der Waals surface area (Å²) >= 11 is 0. The minimum absolute atomic E-state index is 0.206. The highest BCUT2D eigenvalue weighted by atomic mass is 16.1. The molecule has 0 saturated carbocycles. The van der Waals surface area contributed by atoms with Crippen molar-refractivity contribution in [1.82, 2.24) is 5.32 Å². The number of carbonyl (C=O) groups excluding carboxylic acids is 1. The molecule has 0 aliphatic heterocycles. The molecule has 3 nitrogen and oxygen atoms in total. The van der Waals surface area contributed by atoms with Crippen molar-refractivity contribution in [2.45, 2.75) is 46.2 Å². The zero-order chi connectivity index (χ0) is 9.94. The zero-order valence-corrected chi connectivity index (χ0v) is 8.64. The van der Waals surface area contributed by atoms with Crippen LogP contribution < -0.4 is 11.1 Å². The number of nitrogens with one attached hydrogen (secondary N) is 1. The summed E-state index contributed by atoms with van der Waals surface area (Å²) in [4.78, 5) is 11.2. The van der Waals surface area contributed by atoms with Gasteiger partial charge in [0.2, 0.25) is 5.91 Å². The molecular weight excluding hydrogens is 152 g/mol. The molecule has 0 aromatic heterocycles. The van der Waals surface area contributed by atoms with Gasteiger partial charge in [-0.15, -0.1) is 0 Å². The first kappa shape index (κ1) is 11.4. The summed E-state index contributed by atoms with van der Waals surface area (Å²) in [6, 6.07) is 0.268. The molecule has 1 amide bonds. The molecule has 0 aliphatic carbocycles. The van der Waals surface area contributed by atoms with E-state index in [1.807, 2.05) is 34.6 Å². The van der Waals surface area contributed by atoms with E-state index in [9.17, 15) is 4.79 Å². The smallest absolute Gasteiger partial charge is 0.237 e. The van der Waals surface area contributed by atoms with E-state index in [1.165, 1.54) is 0 Å². The van der Waals surface area contributed by atoms with Crippen LogP contribution in [0, 0.1) is 5.92 Å². The summed E-state index contributed by atoms with van der Waals surface area (Å²) in [6.45, 7) is 9.83. The SMILES string of the molecule is CC(C)NC(C)(C(N)=O)C(C)C. The maximum atomic E-state index is 11.2. The van der Waals surface area contributed by atoms with Crippen molar-refractivity contribution in [2.75, 3.05) is 0 Å². The predicted octanol–water partition coefficient (Wildman–Crippen LogP) is 0.884. The topological polar surface area (TPSA) is 55.1 Å². The lowest BCUT2D eigenvalue weighted by molar-refractivity contribution is -0.125. The van der Waals surface area contributed by atoms with Gasteiger partial charge in [0.1, 0.15) is 0 Å². The van der Waals surface area contributed by atoms with Crippen LogP contribution in [-0.4, -0.2) is 17.5 Å². The highest BCUT2D eigenvalue weighted by Crippen LogP contribution is 2.16. The molecule has 0 rings (SSSR count). The molecule has 3 N–H and O–H groups in total. The Morgan fingerprint density at radius 3 is 1.83 bits per heavy atom. The first-order valence-electron chi connectivity index (χ1n) is 4.38. The van der Waals surface area contributed by atoms with E-state index in [0.29, 0.717) is 0 Å². The highest BCUT2D eigenvalue weighted by molar-refractivity contribution is 5.84. The average molecular weight is 172 g/mol. The third kappa shape index (κ3) is 2.48. The largest absolute Gasteiger partial charge is 0.368 e. The Morgan fingerprint density at radius 2 is 1.75 bits per heavy atom. The van der Waals surface area contributed by atoms with Crippen LogP contribution in [-0.2, 0) is 4.79 Å². The molecule has 0 saturated heterocycles. The van der Waals surface area contributed by atoms with Gasteiger partial charge in [-0.2, -0.15) is 0 Å². The minimum Gasteiger partial charge on any atom is -0.368 e. The molecule has 0 fully saturated rings. The van der Waals surface area contributed by atoms with Crippen LogP contribution in [0.15, 0.2) is 0 Å². The fourth-order valence-corrected chi connectivity index (χ4v) is 1.12. The van der Waals surface area contributed by atoms with E-state index in [1.54, 1.807) is 0 Å². The monoisotopic (exact) mass is 172 g/mol. The standard InChI is InChI=1S/C9H20N2O/c1-6(2)9(5,8(10)12)11-7(3)4/h6-7,11H,1-5H3,(H2,10,12). The van der Waals surface area contributed by atoms with E-state index < -0.39 is 5.54 Å². The van der Waals surface area contributed by atoms with Crippen LogP contribution in [0.25, 0.3) is 0 Å². The summed E-state index contributed by atoms with van der Waals surface area (Å²) < 4.78 is 0. The summed E-state index contributed by atoms with van der Waals surface area (Å²) in [5.74, 6) is -0.0800. The van der Waals surface area contributed by atoms with E-state index in [0.717, 1.165) is 0 Å². The van der Waals surface area contributed by atoms with Gasteiger partial charge in [0.25, 0.3) is 0 Å². The van der Waals surface area contributed by atoms with E-state index >= 15 is 0 Å². The number of carbonyl (C=O) groups is 1. The summed E-state index contributed by atoms with van der Waals surface area (Å²) in [6.07, 6.45) is 0. The zero-order valence-electron chi connectivity index (χ0n) is 8.64. The van der Waals surface area contributed by atoms with Crippen molar-refractivity contribution < 1.29 is 4.79 Å². The van der Waals surface area contributed by atoms with Crippen molar-refractivity contribution in [3.8, 4) is 0 Å². The quantitative estimate of drug-likeness (QED) is 0.661. The molecular formula is C9H20N2O. The third-order valence-electron chi connectivity index (χ3n) is 2.26. The fourth-order valence-electron chi connectivity index (χ4n) is 1.12. The molecule has 0 bridgehead atoms. The number of hydrogen-bond acceptors (Lipinski definition) is 2. The molecule has 72 valence electrons. The number of hydrogen-bond donors (Lipinski definition) is 2. The Balaban J connectivity index is 4.51. The van der Waals surface area contributed by atoms with Crippen LogP contribution in [0.3, 0.4) is 0 Å². The maximum Gasteiger partial charge on any atom is 0.237 e. The molecule has 0 aromatic rings. The summed E-state index contributed by atoms with van der Waals surface area (Å²) in [7, 11) is 0. The Hall–Kier alpha value is -0.570. The maximum absolute atomic E-state index is 11.2. The lowest BCUT2D eigenvalue weighted by Crippen LogP contribution is -2.58. The van der Waals surface area contributed by atoms with Crippen LogP contribution in [0.4, 0.5) is 0 Å². The van der Waals surface area contributed by atoms with Crippen LogP contribution in [0.2, 0.25) is 0 Å². The third-order valence-corrected chi connectivity index (χ3v) is 2.26. The molecule has 12 heavy (non-hydrogen) atoms. The van der Waals surface area contributed by atoms with Crippen molar-refractivity contribution in [2.24, 2.45) is 11.7 Å². The van der Waals surface area contributed by atoms with Gasteiger partial charge in [0.05, 0.1) is 5.54 Å². The van der Waals surface area contributed by atoms with Crippen LogP contribution in [0.5, 0.6) is 0 Å². The summed E-state index contributed by atoms with van der Waals surface area (Å²) in [5, 5.41) is 3.18. The van der Waals surface area contributed by atoms with Gasteiger partial charge < -0.3 is 11.1 Å².